The number of phenolic OH excluding ortho intramolecular Hbond substituents is 8. The highest BCUT2D eigenvalue weighted by Gasteiger charge is 2.33. The van der Waals surface area contributed by atoms with E-state index in [2.05, 4.69) is 27.7 Å². The van der Waals surface area contributed by atoms with Crippen LogP contribution >= 0.6 is 0 Å². The zero-order chi connectivity index (χ0) is 57.5. The minimum Gasteiger partial charge on any atom is -0.508 e. The summed E-state index contributed by atoms with van der Waals surface area (Å²) in [5, 5.41) is 97.1. The second-order valence-corrected chi connectivity index (χ2v) is 24.6. The molecule has 0 aromatic heterocycles. The molecule has 0 spiro atoms. The molecule has 81 heavy (non-hydrogen) atoms. The Labute approximate surface area is 491 Å². The van der Waals surface area contributed by atoms with Gasteiger partial charge in [-0.15, -0.1) is 0 Å². The summed E-state index contributed by atoms with van der Waals surface area (Å²) in [6.45, 7) is 8.95. The highest BCUT2D eigenvalue weighted by molar-refractivity contribution is 5.62. The fourth-order valence-corrected chi connectivity index (χ4v) is 13.2. The quantitative estimate of drug-likeness (QED) is 0.0202. The molecule has 10 N–H and O–H groups in total. The minimum atomic E-state index is -0.540. The SMILES string of the molecule is CCCCCCCCCCCC1c2cc(c(O)cc2O)C(CCCCCCCCCCC)c2cc(c(O)cc2O)C(CCCCCCCCCCC)c2cc(c(O)cc2O)C(CCCCCCCCCCC)c2cc1c(O)cc2O.O. The van der Waals surface area contributed by atoms with E-state index in [0.717, 1.165) is 103 Å². The van der Waals surface area contributed by atoms with Crippen molar-refractivity contribution in [3.05, 3.63) is 93.0 Å². The van der Waals surface area contributed by atoms with Gasteiger partial charge in [-0.05, 0) is 49.9 Å². The zero-order valence-corrected chi connectivity index (χ0v) is 51.3. The van der Waals surface area contributed by atoms with Crippen LogP contribution in [-0.2, 0) is 0 Å². The Kier molecular flexibility index (Phi) is 33.0. The molecule has 0 radical (unpaired) electrons. The lowest BCUT2D eigenvalue weighted by molar-refractivity contribution is 0.418. The van der Waals surface area contributed by atoms with Crippen molar-refractivity contribution in [3.63, 3.8) is 0 Å². The van der Waals surface area contributed by atoms with Gasteiger partial charge in [-0.2, -0.15) is 0 Å². The summed E-state index contributed by atoms with van der Waals surface area (Å²) in [6, 6.07) is 13.3. The van der Waals surface area contributed by atoms with Crippen molar-refractivity contribution in [1.29, 1.82) is 0 Å². The first-order valence-corrected chi connectivity index (χ1v) is 33.2. The van der Waals surface area contributed by atoms with Gasteiger partial charge in [0.25, 0.3) is 0 Å². The predicted octanol–water partition coefficient (Wildman–Crippen LogP) is 21.0. The van der Waals surface area contributed by atoms with Gasteiger partial charge >= 0.3 is 0 Å². The summed E-state index contributed by atoms with van der Waals surface area (Å²) in [4.78, 5) is 0. The maximum Gasteiger partial charge on any atom is 0.123 e. The van der Waals surface area contributed by atoms with E-state index < -0.39 is 23.7 Å². The highest BCUT2D eigenvalue weighted by Crippen LogP contribution is 2.52. The third kappa shape index (κ3) is 22.1. The lowest BCUT2D eigenvalue weighted by atomic mass is 9.76. The number of rotatable bonds is 40. The van der Waals surface area contributed by atoms with Crippen molar-refractivity contribution < 1.29 is 46.3 Å². The molecule has 5 rings (SSSR count). The summed E-state index contributed by atoms with van der Waals surface area (Å²) >= 11 is 0. The molecule has 4 aromatic carbocycles. The summed E-state index contributed by atoms with van der Waals surface area (Å²) in [6.07, 6.45) is 43.1. The Bertz CT molecular complexity index is 1930. The van der Waals surface area contributed by atoms with Crippen LogP contribution in [0.4, 0.5) is 0 Å². The van der Waals surface area contributed by atoms with Crippen LogP contribution in [0.2, 0.25) is 0 Å². The van der Waals surface area contributed by atoms with E-state index in [-0.39, 0.29) is 51.5 Å². The molecule has 0 atom stereocenters. The van der Waals surface area contributed by atoms with Gasteiger partial charge in [0.15, 0.2) is 0 Å². The normalized spacial score (nSPS) is 16.0. The van der Waals surface area contributed by atoms with Crippen molar-refractivity contribution in [2.45, 2.75) is 308 Å². The minimum absolute atomic E-state index is 0. The largest absolute Gasteiger partial charge is 0.508 e. The van der Waals surface area contributed by atoms with Gasteiger partial charge in [0, 0.05) is 92.4 Å². The second kappa shape index (κ2) is 38.9. The van der Waals surface area contributed by atoms with Gasteiger partial charge in [-0.25, -0.2) is 0 Å². The molecule has 0 amide bonds. The predicted molar refractivity (Wildman–Crippen MR) is 337 cm³/mol. The number of hydrogen-bond donors (Lipinski definition) is 8. The Morgan fingerprint density at radius 3 is 0.457 bits per heavy atom. The molecule has 0 saturated carbocycles. The Morgan fingerprint density at radius 2 is 0.321 bits per heavy atom. The van der Waals surface area contributed by atoms with Gasteiger partial charge in [0.2, 0.25) is 0 Å². The van der Waals surface area contributed by atoms with Crippen molar-refractivity contribution in [2.75, 3.05) is 0 Å². The van der Waals surface area contributed by atoms with E-state index in [9.17, 15) is 40.9 Å². The monoisotopic (exact) mass is 1120 g/mol. The number of hydrogen-bond acceptors (Lipinski definition) is 8. The van der Waals surface area contributed by atoms with Crippen LogP contribution in [0.15, 0.2) is 48.5 Å². The van der Waals surface area contributed by atoms with E-state index in [1.165, 1.54) is 153 Å². The summed E-state index contributed by atoms with van der Waals surface area (Å²) in [5.74, 6) is -2.88. The van der Waals surface area contributed by atoms with Gasteiger partial charge in [-0.3, -0.25) is 0 Å². The van der Waals surface area contributed by atoms with E-state index >= 15 is 0 Å². The number of phenols is 8. The first-order valence-electron chi connectivity index (χ1n) is 33.2. The summed E-state index contributed by atoms with van der Waals surface area (Å²) in [5.41, 5.74) is 4.45. The maximum absolute atomic E-state index is 12.1. The number of aromatic hydroxyl groups is 8. The number of benzene rings is 4. The molecular formula is C72H114O9. The standard InChI is InChI=1S/C72H112O8.H2O/c1-5-9-13-17-21-25-29-33-37-41-53-57-45-59(67(75)49-65(57)73)54(42-38-34-30-26-22-18-14-10-6-2)61-47-63(71(79)51-69(61)77)56(44-40-36-32-28-24-20-16-12-8-4)64-48-62(70(78)52-72(64)80)55(60-46-58(53)66(74)50-68(60)76)43-39-35-31-27-23-19-15-11-7-3;/h45-56,73-80H,5-44H2,1-4H3;1H2. The lowest BCUT2D eigenvalue weighted by Gasteiger charge is -2.29. The first-order chi connectivity index (χ1) is 38.9. The van der Waals surface area contributed by atoms with Crippen LogP contribution in [0.3, 0.4) is 0 Å². The van der Waals surface area contributed by atoms with Crippen LogP contribution in [0.5, 0.6) is 46.0 Å². The third-order valence-corrected chi connectivity index (χ3v) is 18.1. The summed E-state index contributed by atoms with van der Waals surface area (Å²) < 4.78 is 0. The molecule has 1 aliphatic carbocycles. The van der Waals surface area contributed by atoms with E-state index in [1.807, 2.05) is 24.3 Å². The fraction of sp³-hybridized carbons (Fsp3) is 0.667. The van der Waals surface area contributed by atoms with Crippen LogP contribution in [0.25, 0.3) is 0 Å². The van der Waals surface area contributed by atoms with Crippen LogP contribution in [-0.4, -0.2) is 46.3 Å². The Hall–Kier alpha value is -4.76. The van der Waals surface area contributed by atoms with Crippen LogP contribution < -0.4 is 0 Å². The molecule has 9 heteroatoms. The van der Waals surface area contributed by atoms with Crippen molar-refractivity contribution in [1.82, 2.24) is 0 Å². The van der Waals surface area contributed by atoms with Crippen molar-refractivity contribution in [3.8, 4) is 46.0 Å². The van der Waals surface area contributed by atoms with Gasteiger partial charge < -0.3 is 46.3 Å². The lowest BCUT2D eigenvalue weighted by Crippen LogP contribution is -2.11. The molecule has 0 saturated heterocycles. The topological polar surface area (TPSA) is 193 Å². The average Bonchev–Trinajstić information content (AvgIpc) is 3.53. The maximum atomic E-state index is 12.1. The highest BCUT2D eigenvalue weighted by atomic mass is 16.3. The molecule has 0 unspecified atom stereocenters. The Morgan fingerprint density at radius 1 is 0.198 bits per heavy atom. The fourth-order valence-electron chi connectivity index (χ4n) is 13.2. The average molecular weight is 1120 g/mol. The van der Waals surface area contributed by atoms with Gasteiger partial charge in [-0.1, -0.05) is 259 Å². The molecule has 0 fully saturated rings. The van der Waals surface area contributed by atoms with E-state index in [4.69, 9.17) is 0 Å². The first kappa shape index (κ1) is 68.7. The van der Waals surface area contributed by atoms with Crippen molar-refractivity contribution in [2.24, 2.45) is 0 Å². The molecular weight excluding hydrogens is 1010 g/mol. The van der Waals surface area contributed by atoms with Crippen molar-refractivity contribution >= 4 is 0 Å². The molecule has 0 aliphatic heterocycles. The molecule has 8 bridgehead atoms. The molecule has 9 nitrogen and oxygen atoms in total. The third-order valence-electron chi connectivity index (χ3n) is 18.1. The van der Waals surface area contributed by atoms with Gasteiger partial charge in [0.1, 0.15) is 46.0 Å². The summed E-state index contributed by atoms with van der Waals surface area (Å²) in [7, 11) is 0. The second-order valence-electron chi connectivity index (χ2n) is 24.6. The number of fused-ring (bicyclic) bond motifs is 8. The molecule has 4 aromatic rings. The zero-order valence-electron chi connectivity index (χ0n) is 51.3. The van der Waals surface area contributed by atoms with E-state index in [1.54, 1.807) is 0 Å². The molecule has 0 heterocycles. The smallest absolute Gasteiger partial charge is 0.123 e. The van der Waals surface area contributed by atoms with Gasteiger partial charge in [0.05, 0.1) is 0 Å². The van der Waals surface area contributed by atoms with E-state index in [0.29, 0.717) is 70.2 Å². The molecule has 456 valence electrons. The van der Waals surface area contributed by atoms with Crippen LogP contribution in [0, 0.1) is 0 Å². The van der Waals surface area contributed by atoms with Crippen LogP contribution in [0.1, 0.15) is 353 Å². The number of unbranched alkanes of at least 4 members (excludes halogenated alkanes) is 32. The molecule has 1 aliphatic rings. The Balaban J connectivity index is 0.0000141.